The molecule has 1 heterocycles. The molecule has 0 fully saturated rings. The molecule has 2 N–H and O–H groups in total. The quantitative estimate of drug-likeness (QED) is 0.630. The van der Waals surface area contributed by atoms with E-state index in [1.807, 2.05) is 4.72 Å². The zero-order valence-electron chi connectivity index (χ0n) is 13.2. The summed E-state index contributed by atoms with van der Waals surface area (Å²) in [5, 5.41) is 8.75. The number of pyridine rings is 1. The van der Waals surface area contributed by atoms with Gasteiger partial charge in [-0.25, -0.2) is 18.2 Å². The fraction of sp³-hybridized carbons (Fsp3) is 0.143. The maximum absolute atomic E-state index is 12.6. The van der Waals surface area contributed by atoms with Gasteiger partial charge in [-0.3, -0.25) is 4.72 Å². The summed E-state index contributed by atoms with van der Waals surface area (Å²) in [6, 6.07) is 3.78. The van der Waals surface area contributed by atoms with Crippen LogP contribution in [0.15, 0.2) is 29.2 Å². The van der Waals surface area contributed by atoms with E-state index in [0.29, 0.717) is 0 Å². The Labute approximate surface area is 161 Å². The monoisotopic (exact) mass is 442 g/mol. The molecule has 0 atom stereocenters. The van der Waals surface area contributed by atoms with E-state index in [-0.39, 0.29) is 10.9 Å². The number of ether oxygens (including phenoxy) is 2. The minimum atomic E-state index is -4.43. The van der Waals surface area contributed by atoms with E-state index in [1.165, 1.54) is 0 Å². The number of carbonyl (C=O) groups is 1. The maximum atomic E-state index is 12.6. The number of halogens is 4. The third kappa shape index (κ3) is 4.87. The standard InChI is InChI=1S/C14H10Cl2F2N2O6S/c1-25-8-4-6(13(21)22)7(5-9(8)26-14(17)18)20-27(23,24)10-2-3-11(15)19-12(10)16/h2-5,14,20H,1H3,(H,21,22). The number of hydrogen-bond acceptors (Lipinski definition) is 6. The topological polar surface area (TPSA) is 115 Å². The number of aromatic nitrogens is 1. The molecule has 0 saturated carbocycles. The highest BCUT2D eigenvalue weighted by atomic mass is 35.5. The lowest BCUT2D eigenvalue weighted by atomic mass is 10.1. The Hall–Kier alpha value is -2.37. The first-order valence-corrected chi connectivity index (χ1v) is 9.04. The van der Waals surface area contributed by atoms with Gasteiger partial charge in [0.05, 0.1) is 18.4 Å². The van der Waals surface area contributed by atoms with Crippen molar-refractivity contribution >= 4 is 44.9 Å². The second-order valence-electron chi connectivity index (χ2n) is 4.76. The Kier molecular flexibility index (Phi) is 6.29. The molecule has 0 radical (unpaired) electrons. The maximum Gasteiger partial charge on any atom is 0.387 e. The number of carboxylic acids is 1. The Morgan fingerprint density at radius 3 is 2.44 bits per heavy atom. The first-order chi connectivity index (χ1) is 12.5. The van der Waals surface area contributed by atoms with Gasteiger partial charge in [-0.05, 0) is 12.1 Å². The zero-order chi connectivity index (χ0) is 20.4. The SMILES string of the molecule is COc1cc(C(=O)O)c(NS(=O)(=O)c2ccc(Cl)nc2Cl)cc1OC(F)F. The van der Waals surface area contributed by atoms with Crippen LogP contribution < -0.4 is 14.2 Å². The average Bonchev–Trinajstić information content (AvgIpc) is 2.53. The largest absolute Gasteiger partial charge is 0.493 e. The van der Waals surface area contributed by atoms with Gasteiger partial charge in [-0.15, -0.1) is 0 Å². The van der Waals surface area contributed by atoms with Gasteiger partial charge < -0.3 is 14.6 Å². The van der Waals surface area contributed by atoms with Gasteiger partial charge >= 0.3 is 12.6 Å². The Morgan fingerprint density at radius 1 is 1.26 bits per heavy atom. The van der Waals surface area contributed by atoms with Crippen LogP contribution in [0.25, 0.3) is 0 Å². The summed E-state index contributed by atoms with van der Waals surface area (Å²) in [6.07, 6.45) is 0. The van der Waals surface area contributed by atoms with E-state index in [2.05, 4.69) is 9.72 Å². The first-order valence-electron chi connectivity index (χ1n) is 6.80. The third-order valence-electron chi connectivity index (χ3n) is 3.06. The van der Waals surface area contributed by atoms with Crippen molar-refractivity contribution in [1.29, 1.82) is 0 Å². The summed E-state index contributed by atoms with van der Waals surface area (Å²) >= 11 is 11.4. The number of benzene rings is 1. The number of hydrogen-bond donors (Lipinski definition) is 2. The van der Waals surface area contributed by atoms with Crippen molar-refractivity contribution in [2.24, 2.45) is 0 Å². The highest BCUT2D eigenvalue weighted by molar-refractivity contribution is 7.92. The van der Waals surface area contributed by atoms with E-state index in [4.69, 9.17) is 27.9 Å². The number of sulfonamides is 1. The summed E-state index contributed by atoms with van der Waals surface area (Å²) in [5.74, 6) is -2.45. The predicted octanol–water partition coefficient (Wildman–Crippen LogP) is 3.50. The Bertz CT molecular complexity index is 988. The number of anilines is 1. The van der Waals surface area contributed by atoms with Crippen molar-refractivity contribution in [1.82, 2.24) is 4.98 Å². The third-order valence-corrected chi connectivity index (χ3v) is 5.07. The van der Waals surface area contributed by atoms with E-state index in [0.717, 1.165) is 31.4 Å². The fourth-order valence-corrected chi connectivity index (χ4v) is 3.70. The molecular weight excluding hydrogens is 433 g/mol. The molecule has 0 amide bonds. The molecule has 0 saturated heterocycles. The average molecular weight is 443 g/mol. The van der Waals surface area contributed by atoms with E-state index in [1.54, 1.807) is 0 Å². The van der Waals surface area contributed by atoms with Crippen LogP contribution in [0, 0.1) is 0 Å². The summed E-state index contributed by atoms with van der Waals surface area (Å²) < 4.78 is 61.1. The number of nitrogens with one attached hydrogen (secondary N) is 1. The summed E-state index contributed by atoms with van der Waals surface area (Å²) in [5.41, 5.74) is -1.12. The number of aromatic carboxylic acids is 1. The minimum Gasteiger partial charge on any atom is -0.493 e. The van der Waals surface area contributed by atoms with Crippen LogP contribution in [0.3, 0.4) is 0 Å². The Morgan fingerprint density at radius 2 is 1.93 bits per heavy atom. The fourth-order valence-electron chi connectivity index (χ4n) is 1.97. The summed E-state index contributed by atoms with van der Waals surface area (Å²) in [7, 11) is -3.33. The van der Waals surface area contributed by atoms with Gasteiger partial charge in [-0.1, -0.05) is 23.2 Å². The number of rotatable bonds is 7. The molecule has 0 bridgehead atoms. The normalized spacial score (nSPS) is 11.3. The molecule has 2 aromatic rings. The molecular formula is C14H10Cl2F2N2O6S. The second-order valence-corrected chi connectivity index (χ2v) is 7.16. The molecule has 27 heavy (non-hydrogen) atoms. The van der Waals surface area contributed by atoms with Gasteiger partial charge in [0, 0.05) is 12.1 Å². The van der Waals surface area contributed by atoms with Gasteiger partial charge in [0.15, 0.2) is 16.7 Å². The lowest BCUT2D eigenvalue weighted by Crippen LogP contribution is -2.17. The van der Waals surface area contributed by atoms with E-state index in [9.17, 15) is 27.1 Å². The molecule has 2 rings (SSSR count). The second kappa shape index (κ2) is 8.11. The van der Waals surface area contributed by atoms with E-state index >= 15 is 0 Å². The molecule has 1 aromatic carbocycles. The highest BCUT2D eigenvalue weighted by Gasteiger charge is 2.25. The summed E-state index contributed by atoms with van der Waals surface area (Å²) in [4.78, 5) is 14.5. The number of nitrogens with zero attached hydrogens (tertiary/aromatic N) is 1. The van der Waals surface area contributed by atoms with Crippen molar-refractivity contribution in [3.8, 4) is 11.5 Å². The van der Waals surface area contributed by atoms with Crippen molar-refractivity contribution in [3.63, 3.8) is 0 Å². The molecule has 0 aliphatic rings. The van der Waals surface area contributed by atoms with Crippen LogP contribution in [0.1, 0.15) is 10.4 Å². The van der Waals surface area contributed by atoms with Crippen molar-refractivity contribution in [3.05, 3.63) is 40.1 Å². The smallest absolute Gasteiger partial charge is 0.387 e. The number of methoxy groups -OCH3 is 1. The van der Waals surface area contributed by atoms with Crippen LogP contribution in [-0.4, -0.2) is 38.2 Å². The lowest BCUT2D eigenvalue weighted by Gasteiger charge is -2.16. The lowest BCUT2D eigenvalue weighted by molar-refractivity contribution is -0.0511. The van der Waals surface area contributed by atoms with Crippen LogP contribution in [0.5, 0.6) is 11.5 Å². The number of carboxylic acid groups (broad SMARTS) is 1. The van der Waals surface area contributed by atoms with Crippen LogP contribution in [0.2, 0.25) is 10.3 Å². The van der Waals surface area contributed by atoms with Gasteiger partial charge in [0.2, 0.25) is 0 Å². The van der Waals surface area contributed by atoms with Gasteiger partial charge in [0.1, 0.15) is 10.0 Å². The zero-order valence-corrected chi connectivity index (χ0v) is 15.6. The molecule has 0 aliphatic heterocycles. The molecule has 13 heteroatoms. The van der Waals surface area contributed by atoms with E-state index < -0.39 is 49.7 Å². The highest BCUT2D eigenvalue weighted by Crippen LogP contribution is 2.36. The van der Waals surface area contributed by atoms with Gasteiger partial charge in [0.25, 0.3) is 10.0 Å². The van der Waals surface area contributed by atoms with Crippen LogP contribution in [-0.2, 0) is 10.0 Å². The minimum absolute atomic E-state index is 0.0674. The molecule has 1 aromatic heterocycles. The van der Waals surface area contributed by atoms with Crippen molar-refractivity contribution in [2.75, 3.05) is 11.8 Å². The Balaban J connectivity index is 2.57. The summed E-state index contributed by atoms with van der Waals surface area (Å²) in [6.45, 7) is -3.26. The molecule has 146 valence electrons. The first kappa shape index (κ1) is 20.9. The number of alkyl halides is 2. The van der Waals surface area contributed by atoms with Crippen molar-refractivity contribution in [2.45, 2.75) is 11.5 Å². The molecule has 8 nitrogen and oxygen atoms in total. The van der Waals surface area contributed by atoms with Crippen LogP contribution >= 0.6 is 23.2 Å². The molecule has 0 aliphatic carbocycles. The van der Waals surface area contributed by atoms with Crippen molar-refractivity contribution < 1.29 is 36.6 Å². The molecule has 0 spiro atoms. The predicted molar refractivity (Wildman–Crippen MR) is 91.7 cm³/mol. The molecule has 0 unspecified atom stereocenters. The van der Waals surface area contributed by atoms with Gasteiger partial charge in [-0.2, -0.15) is 8.78 Å². The van der Waals surface area contributed by atoms with Crippen LogP contribution in [0.4, 0.5) is 14.5 Å².